The van der Waals surface area contributed by atoms with E-state index in [1.54, 1.807) is 0 Å². The predicted molar refractivity (Wildman–Crippen MR) is 116 cm³/mol. The van der Waals surface area contributed by atoms with Crippen LogP contribution in [0.25, 0.3) is 49.4 Å². The van der Waals surface area contributed by atoms with Crippen LogP contribution in [0.4, 0.5) is 0 Å². The second kappa shape index (κ2) is 5.48. The van der Waals surface area contributed by atoms with Crippen molar-refractivity contribution in [1.82, 2.24) is 4.57 Å². The van der Waals surface area contributed by atoms with E-state index in [0.717, 1.165) is 32.1 Å². The average molecular weight is 412 g/mol. The predicted octanol–water partition coefficient (Wildman–Crippen LogP) is 7.45. The van der Waals surface area contributed by atoms with Crippen molar-refractivity contribution in [2.24, 2.45) is 0 Å². The molecule has 2 aromatic heterocycles. The largest absolute Gasteiger partial charge is 0.453 e. The highest BCUT2D eigenvalue weighted by Crippen LogP contribution is 2.39. The van der Waals surface area contributed by atoms with Crippen LogP contribution in [0.5, 0.6) is 0 Å². The number of nitrogens with zero attached hydrogens (tertiary/aromatic N) is 1. The number of benzene rings is 4. The van der Waals surface area contributed by atoms with E-state index < -0.39 is 0 Å². The molecule has 3 heteroatoms. The van der Waals surface area contributed by atoms with Gasteiger partial charge in [0.15, 0.2) is 5.58 Å². The molecular formula is C24H14BrNO. The molecule has 6 aromatic rings. The van der Waals surface area contributed by atoms with E-state index in [-0.39, 0.29) is 0 Å². The third kappa shape index (κ3) is 2.00. The molecule has 0 bridgehead atoms. The van der Waals surface area contributed by atoms with Gasteiger partial charge in [0.2, 0.25) is 0 Å². The lowest BCUT2D eigenvalue weighted by atomic mass is 10.1. The van der Waals surface area contributed by atoms with Crippen molar-refractivity contribution in [2.45, 2.75) is 0 Å². The Kier molecular flexibility index (Phi) is 3.06. The Hall–Kier alpha value is -3.04. The highest BCUT2D eigenvalue weighted by atomic mass is 79.9. The van der Waals surface area contributed by atoms with Crippen LogP contribution in [0, 0.1) is 0 Å². The molecule has 0 unspecified atom stereocenters. The quantitative estimate of drug-likeness (QED) is 0.274. The molecule has 0 spiro atoms. The maximum absolute atomic E-state index is 6.37. The Morgan fingerprint density at radius 3 is 1.81 bits per heavy atom. The van der Waals surface area contributed by atoms with E-state index in [0.29, 0.717) is 0 Å². The molecule has 0 aliphatic rings. The number of aromatic nitrogens is 1. The Bertz CT molecular complexity index is 1440. The standard InChI is InChI=1S/C24H14BrNO/c25-19-11-5-9-17-18-10-6-14-22(24(18)27-23(17)19)26-20-12-3-1-7-15(20)16-8-2-4-13-21(16)26/h1-14H. The fourth-order valence-corrected chi connectivity index (χ4v) is 4.58. The van der Waals surface area contributed by atoms with Crippen LogP contribution in [-0.4, -0.2) is 4.57 Å². The molecule has 0 N–H and O–H groups in total. The zero-order valence-corrected chi connectivity index (χ0v) is 15.9. The number of halogens is 1. The van der Waals surface area contributed by atoms with Crippen LogP contribution >= 0.6 is 15.9 Å². The second-order valence-corrected chi connectivity index (χ2v) is 7.60. The van der Waals surface area contributed by atoms with Crippen molar-refractivity contribution < 1.29 is 4.42 Å². The summed E-state index contributed by atoms with van der Waals surface area (Å²) in [5.41, 5.74) is 5.23. The van der Waals surface area contributed by atoms with Crippen LogP contribution in [0.3, 0.4) is 0 Å². The number of fused-ring (bicyclic) bond motifs is 6. The summed E-state index contributed by atoms with van der Waals surface area (Å²) in [6, 6.07) is 29.6. The van der Waals surface area contributed by atoms with Gasteiger partial charge in [0, 0.05) is 21.5 Å². The van der Waals surface area contributed by atoms with Crippen molar-refractivity contribution in [1.29, 1.82) is 0 Å². The molecule has 2 nitrogen and oxygen atoms in total. The summed E-state index contributed by atoms with van der Waals surface area (Å²) in [5, 5.41) is 4.76. The molecule has 128 valence electrons. The van der Waals surface area contributed by atoms with Gasteiger partial charge in [-0.15, -0.1) is 0 Å². The lowest BCUT2D eigenvalue weighted by Gasteiger charge is -2.08. The van der Waals surface area contributed by atoms with Gasteiger partial charge in [-0.25, -0.2) is 0 Å². The van der Waals surface area contributed by atoms with Gasteiger partial charge in [0.25, 0.3) is 0 Å². The summed E-state index contributed by atoms with van der Waals surface area (Å²) in [6.07, 6.45) is 0. The zero-order valence-electron chi connectivity index (χ0n) is 14.3. The molecule has 0 radical (unpaired) electrons. The molecular weight excluding hydrogens is 398 g/mol. The van der Waals surface area contributed by atoms with E-state index in [1.165, 1.54) is 21.8 Å². The first-order valence-electron chi connectivity index (χ1n) is 8.91. The molecule has 6 rings (SSSR count). The van der Waals surface area contributed by atoms with Gasteiger partial charge in [-0.3, -0.25) is 0 Å². The zero-order chi connectivity index (χ0) is 18.0. The van der Waals surface area contributed by atoms with Gasteiger partial charge in [-0.1, -0.05) is 60.7 Å². The molecule has 0 fully saturated rings. The molecule has 0 amide bonds. The maximum Gasteiger partial charge on any atom is 0.159 e. The van der Waals surface area contributed by atoms with Crippen molar-refractivity contribution in [3.63, 3.8) is 0 Å². The Morgan fingerprint density at radius 1 is 0.556 bits per heavy atom. The second-order valence-electron chi connectivity index (χ2n) is 6.74. The minimum atomic E-state index is 0.890. The lowest BCUT2D eigenvalue weighted by Crippen LogP contribution is -1.93. The first kappa shape index (κ1) is 15.1. The van der Waals surface area contributed by atoms with Gasteiger partial charge in [0.1, 0.15) is 5.58 Å². The normalized spacial score (nSPS) is 11.9. The molecule has 0 aliphatic heterocycles. The SMILES string of the molecule is Brc1cccc2c1oc1c(-n3c4ccccc4c4ccccc43)cccc12. The molecule has 2 heterocycles. The van der Waals surface area contributed by atoms with Gasteiger partial charge in [0.05, 0.1) is 21.2 Å². The van der Waals surface area contributed by atoms with Crippen molar-refractivity contribution in [3.05, 3.63) is 89.4 Å². The number of rotatable bonds is 1. The van der Waals surface area contributed by atoms with Crippen molar-refractivity contribution in [2.75, 3.05) is 0 Å². The molecule has 0 atom stereocenters. The van der Waals surface area contributed by atoms with E-state index in [2.05, 4.69) is 99.4 Å². The summed E-state index contributed by atoms with van der Waals surface area (Å²) < 4.78 is 9.65. The Morgan fingerprint density at radius 2 is 1.11 bits per heavy atom. The summed E-state index contributed by atoms with van der Waals surface area (Å²) in [4.78, 5) is 0. The molecule has 0 saturated carbocycles. The summed E-state index contributed by atoms with van der Waals surface area (Å²) in [7, 11) is 0. The summed E-state index contributed by atoms with van der Waals surface area (Å²) in [5.74, 6) is 0. The third-order valence-electron chi connectivity index (χ3n) is 5.28. The van der Waals surface area contributed by atoms with E-state index in [4.69, 9.17) is 4.42 Å². The van der Waals surface area contributed by atoms with Crippen LogP contribution in [0.1, 0.15) is 0 Å². The summed E-state index contributed by atoms with van der Waals surface area (Å²) >= 11 is 3.63. The first-order chi connectivity index (χ1) is 13.3. The number of hydrogen-bond donors (Lipinski definition) is 0. The fraction of sp³-hybridized carbons (Fsp3) is 0. The maximum atomic E-state index is 6.37. The van der Waals surface area contributed by atoms with E-state index in [1.807, 2.05) is 6.07 Å². The van der Waals surface area contributed by atoms with Gasteiger partial charge < -0.3 is 8.98 Å². The monoisotopic (exact) mass is 411 g/mol. The number of furan rings is 1. The van der Waals surface area contributed by atoms with Crippen molar-refractivity contribution in [3.8, 4) is 5.69 Å². The van der Waals surface area contributed by atoms with E-state index in [9.17, 15) is 0 Å². The highest BCUT2D eigenvalue weighted by Gasteiger charge is 2.17. The van der Waals surface area contributed by atoms with Crippen molar-refractivity contribution >= 4 is 59.7 Å². The number of para-hydroxylation sites is 4. The molecule has 27 heavy (non-hydrogen) atoms. The fourth-order valence-electron chi connectivity index (χ4n) is 4.13. The minimum Gasteiger partial charge on any atom is -0.453 e. The van der Waals surface area contributed by atoms with Gasteiger partial charge in [-0.05, 0) is 40.2 Å². The van der Waals surface area contributed by atoms with E-state index >= 15 is 0 Å². The molecule has 4 aromatic carbocycles. The lowest BCUT2D eigenvalue weighted by molar-refractivity contribution is 0.664. The number of hydrogen-bond acceptors (Lipinski definition) is 1. The van der Waals surface area contributed by atoms with Crippen LogP contribution in [0.2, 0.25) is 0 Å². The molecule has 0 aliphatic carbocycles. The first-order valence-corrected chi connectivity index (χ1v) is 9.70. The van der Waals surface area contributed by atoms with Crippen LogP contribution in [-0.2, 0) is 0 Å². The average Bonchev–Trinajstić information content (AvgIpc) is 3.25. The third-order valence-corrected chi connectivity index (χ3v) is 5.90. The molecule has 0 saturated heterocycles. The highest BCUT2D eigenvalue weighted by molar-refractivity contribution is 9.10. The topological polar surface area (TPSA) is 18.1 Å². The Labute approximate surface area is 163 Å². The van der Waals surface area contributed by atoms with Crippen LogP contribution < -0.4 is 0 Å². The summed E-state index contributed by atoms with van der Waals surface area (Å²) in [6.45, 7) is 0. The van der Waals surface area contributed by atoms with Gasteiger partial charge >= 0.3 is 0 Å². The van der Waals surface area contributed by atoms with Crippen LogP contribution in [0.15, 0.2) is 93.8 Å². The minimum absolute atomic E-state index is 0.890. The van der Waals surface area contributed by atoms with Gasteiger partial charge in [-0.2, -0.15) is 0 Å². The smallest absolute Gasteiger partial charge is 0.159 e. The Balaban J connectivity index is 1.84.